The summed E-state index contributed by atoms with van der Waals surface area (Å²) < 4.78 is 9.90. The molecule has 0 saturated heterocycles. The van der Waals surface area contributed by atoms with Gasteiger partial charge in [0.1, 0.15) is 5.69 Å². The van der Waals surface area contributed by atoms with Gasteiger partial charge in [-0.25, -0.2) is 9.78 Å². The minimum Gasteiger partial charge on any atom is -0.461 e. The van der Waals surface area contributed by atoms with E-state index >= 15 is 0 Å². The summed E-state index contributed by atoms with van der Waals surface area (Å²) >= 11 is 1.10. The Balaban J connectivity index is 2.65. The van der Waals surface area contributed by atoms with E-state index in [0.29, 0.717) is 6.61 Å². The molecule has 0 fully saturated rings. The molecule has 0 aliphatic rings. The fourth-order valence-electron chi connectivity index (χ4n) is 1.67. The molecule has 0 aliphatic heterocycles. The number of hydrogen-bond acceptors (Lipinski definition) is 6. The Morgan fingerprint density at radius 1 is 1.45 bits per heavy atom. The van der Waals surface area contributed by atoms with Gasteiger partial charge in [0.15, 0.2) is 0 Å². The first kappa shape index (κ1) is 16.6. The summed E-state index contributed by atoms with van der Waals surface area (Å²) in [6, 6.07) is -0.0507. The molecule has 0 saturated carbocycles. The van der Waals surface area contributed by atoms with Crippen LogP contribution in [0.2, 0.25) is 0 Å². The van der Waals surface area contributed by atoms with Crippen molar-refractivity contribution in [3.63, 3.8) is 0 Å². The maximum absolute atomic E-state index is 12.0. The zero-order valence-corrected chi connectivity index (χ0v) is 12.8. The maximum Gasteiger partial charge on any atom is 0.367 e. The highest BCUT2D eigenvalue weighted by atomic mass is 32.1. The van der Waals surface area contributed by atoms with E-state index in [9.17, 15) is 9.59 Å². The summed E-state index contributed by atoms with van der Waals surface area (Å²) in [5, 5.41) is 4.59. The van der Waals surface area contributed by atoms with Crippen molar-refractivity contribution in [3.8, 4) is 0 Å². The lowest BCUT2D eigenvalue weighted by atomic mass is 10.2. The number of ether oxygens (including phenoxy) is 2. The Bertz CT molecular complexity index is 441. The SMILES string of the molecule is CCCC(COC)NC(=O)c1csc(C(=O)OCC)n1. The summed E-state index contributed by atoms with van der Waals surface area (Å²) in [5.74, 6) is -0.800. The van der Waals surface area contributed by atoms with Gasteiger partial charge in [0.05, 0.1) is 19.3 Å². The Morgan fingerprint density at radius 3 is 2.80 bits per heavy atom. The smallest absolute Gasteiger partial charge is 0.367 e. The molecule has 1 rings (SSSR count). The van der Waals surface area contributed by atoms with Gasteiger partial charge in [-0.05, 0) is 13.3 Å². The molecule has 0 aliphatic carbocycles. The fraction of sp³-hybridized carbons (Fsp3) is 0.615. The molecule has 7 heteroatoms. The molecule has 1 unspecified atom stereocenters. The van der Waals surface area contributed by atoms with Crippen molar-refractivity contribution in [1.29, 1.82) is 0 Å². The summed E-state index contributed by atoms with van der Waals surface area (Å²) in [6.07, 6.45) is 1.77. The Hall–Kier alpha value is -1.47. The van der Waals surface area contributed by atoms with E-state index in [4.69, 9.17) is 9.47 Å². The summed E-state index contributed by atoms with van der Waals surface area (Å²) in [7, 11) is 1.59. The van der Waals surface area contributed by atoms with Crippen molar-refractivity contribution in [3.05, 3.63) is 16.1 Å². The van der Waals surface area contributed by atoms with Crippen molar-refractivity contribution in [2.75, 3.05) is 20.3 Å². The predicted octanol–water partition coefficient (Wildman–Crippen LogP) is 1.86. The van der Waals surface area contributed by atoms with E-state index < -0.39 is 5.97 Å². The molecule has 0 radical (unpaired) electrons. The molecule has 0 bridgehead atoms. The number of esters is 1. The van der Waals surface area contributed by atoms with Gasteiger partial charge in [0.2, 0.25) is 5.01 Å². The molecule has 1 atom stereocenters. The second-order valence-electron chi connectivity index (χ2n) is 4.17. The molecule has 0 aromatic carbocycles. The third-order valence-corrected chi connectivity index (χ3v) is 3.35. The number of amides is 1. The molecule has 112 valence electrons. The zero-order valence-electron chi connectivity index (χ0n) is 12.0. The Morgan fingerprint density at radius 2 is 2.20 bits per heavy atom. The number of rotatable bonds is 8. The summed E-state index contributed by atoms with van der Waals surface area (Å²) in [6.45, 7) is 4.50. The van der Waals surface area contributed by atoms with Crippen LogP contribution in [-0.4, -0.2) is 43.2 Å². The minimum atomic E-state index is -0.501. The van der Waals surface area contributed by atoms with Gasteiger partial charge in [0, 0.05) is 12.5 Å². The first-order chi connectivity index (χ1) is 9.62. The van der Waals surface area contributed by atoms with Gasteiger partial charge >= 0.3 is 5.97 Å². The standard InChI is InChI=1S/C13H20N2O4S/c1-4-6-9(7-18-3)14-11(16)10-8-20-12(15-10)13(17)19-5-2/h8-9H,4-7H2,1-3H3,(H,14,16). The first-order valence-corrected chi connectivity index (χ1v) is 7.42. The van der Waals surface area contributed by atoms with Crippen LogP contribution in [0.25, 0.3) is 0 Å². The van der Waals surface area contributed by atoms with Crippen LogP contribution in [0.1, 0.15) is 47.0 Å². The highest BCUT2D eigenvalue weighted by Crippen LogP contribution is 2.11. The molecule has 1 amide bonds. The normalized spacial score (nSPS) is 11.9. The van der Waals surface area contributed by atoms with Gasteiger partial charge < -0.3 is 14.8 Å². The molecule has 1 aromatic rings. The number of carbonyl (C=O) groups excluding carboxylic acids is 2. The van der Waals surface area contributed by atoms with E-state index in [1.807, 2.05) is 6.92 Å². The van der Waals surface area contributed by atoms with Crippen LogP contribution in [-0.2, 0) is 9.47 Å². The van der Waals surface area contributed by atoms with Crippen LogP contribution in [0.4, 0.5) is 0 Å². The van der Waals surface area contributed by atoms with Gasteiger partial charge in [-0.2, -0.15) is 0 Å². The minimum absolute atomic E-state index is 0.0507. The number of nitrogens with one attached hydrogen (secondary N) is 1. The van der Waals surface area contributed by atoms with Crippen molar-refractivity contribution in [1.82, 2.24) is 10.3 Å². The topological polar surface area (TPSA) is 77.5 Å². The third-order valence-electron chi connectivity index (χ3n) is 2.53. The van der Waals surface area contributed by atoms with Crippen LogP contribution in [0, 0.1) is 0 Å². The average molecular weight is 300 g/mol. The lowest BCUT2D eigenvalue weighted by Crippen LogP contribution is -2.38. The van der Waals surface area contributed by atoms with Gasteiger partial charge in [-0.3, -0.25) is 4.79 Å². The fourth-order valence-corrected chi connectivity index (χ4v) is 2.36. The number of aromatic nitrogens is 1. The van der Waals surface area contributed by atoms with E-state index in [1.165, 1.54) is 0 Å². The lowest BCUT2D eigenvalue weighted by Gasteiger charge is -2.16. The van der Waals surface area contributed by atoms with Gasteiger partial charge in [0.25, 0.3) is 5.91 Å². The van der Waals surface area contributed by atoms with Crippen LogP contribution in [0.5, 0.6) is 0 Å². The van der Waals surface area contributed by atoms with Gasteiger partial charge in [-0.15, -0.1) is 11.3 Å². The second kappa shape index (κ2) is 8.65. The molecule has 1 heterocycles. The largest absolute Gasteiger partial charge is 0.461 e. The van der Waals surface area contributed by atoms with Crippen molar-refractivity contribution >= 4 is 23.2 Å². The molecule has 0 spiro atoms. The molecule has 1 aromatic heterocycles. The number of thiazole rings is 1. The Labute approximate surface area is 122 Å². The molecular weight excluding hydrogens is 280 g/mol. The Kier molecular flexibility index (Phi) is 7.17. The number of hydrogen-bond donors (Lipinski definition) is 1. The number of carbonyl (C=O) groups is 2. The van der Waals surface area contributed by atoms with Crippen LogP contribution in [0.3, 0.4) is 0 Å². The van der Waals surface area contributed by atoms with E-state index in [0.717, 1.165) is 24.2 Å². The van der Waals surface area contributed by atoms with E-state index in [2.05, 4.69) is 10.3 Å². The van der Waals surface area contributed by atoms with Crippen molar-refractivity contribution in [2.24, 2.45) is 0 Å². The molecule has 20 heavy (non-hydrogen) atoms. The second-order valence-corrected chi connectivity index (χ2v) is 5.03. The monoisotopic (exact) mass is 300 g/mol. The number of nitrogens with zero attached hydrogens (tertiary/aromatic N) is 1. The van der Waals surface area contributed by atoms with E-state index in [1.54, 1.807) is 19.4 Å². The van der Waals surface area contributed by atoms with Crippen LogP contribution < -0.4 is 5.32 Å². The summed E-state index contributed by atoms with van der Waals surface area (Å²) in [4.78, 5) is 27.5. The molecule has 1 N–H and O–H groups in total. The van der Waals surface area contributed by atoms with E-state index in [-0.39, 0.29) is 29.3 Å². The molecular formula is C13H20N2O4S. The number of methoxy groups -OCH3 is 1. The highest BCUT2D eigenvalue weighted by Gasteiger charge is 2.18. The van der Waals surface area contributed by atoms with Crippen molar-refractivity contribution in [2.45, 2.75) is 32.7 Å². The van der Waals surface area contributed by atoms with Gasteiger partial charge in [-0.1, -0.05) is 13.3 Å². The maximum atomic E-state index is 12.0. The first-order valence-electron chi connectivity index (χ1n) is 6.54. The molecule has 6 nitrogen and oxygen atoms in total. The summed E-state index contributed by atoms with van der Waals surface area (Å²) in [5.41, 5.74) is 0.232. The van der Waals surface area contributed by atoms with Crippen LogP contribution >= 0.6 is 11.3 Å². The predicted molar refractivity (Wildman–Crippen MR) is 76.1 cm³/mol. The van der Waals surface area contributed by atoms with Crippen molar-refractivity contribution < 1.29 is 19.1 Å². The highest BCUT2D eigenvalue weighted by molar-refractivity contribution is 7.11. The quantitative estimate of drug-likeness (QED) is 0.742. The zero-order chi connectivity index (χ0) is 15.0. The van der Waals surface area contributed by atoms with Crippen LogP contribution in [0.15, 0.2) is 5.38 Å². The average Bonchev–Trinajstić information content (AvgIpc) is 2.89. The lowest BCUT2D eigenvalue weighted by molar-refractivity contribution is 0.0526. The third kappa shape index (κ3) is 4.90.